The van der Waals surface area contributed by atoms with Gasteiger partial charge in [0, 0.05) is 5.02 Å². The number of hydrogen-bond donors (Lipinski definition) is 3. The van der Waals surface area contributed by atoms with Crippen molar-refractivity contribution < 1.29 is 23.4 Å². The Morgan fingerprint density at radius 2 is 1.77 bits per heavy atom. The van der Waals surface area contributed by atoms with Crippen LogP contribution < -0.4 is 4.72 Å². The number of benzene rings is 1. The zero-order chi connectivity index (χ0) is 26.1. The van der Waals surface area contributed by atoms with Crippen LogP contribution in [0, 0.1) is 24.7 Å². The van der Waals surface area contributed by atoms with Crippen LogP contribution in [0.25, 0.3) is 6.08 Å². The number of hydrogen-bond acceptors (Lipinski definition) is 5. The van der Waals surface area contributed by atoms with E-state index in [-0.39, 0.29) is 10.2 Å². The van der Waals surface area contributed by atoms with Gasteiger partial charge in [-0.3, -0.25) is 4.79 Å². The summed E-state index contributed by atoms with van der Waals surface area (Å²) in [5.74, 6) is -1.96. The fourth-order valence-electron chi connectivity index (χ4n) is 4.29. The van der Waals surface area contributed by atoms with Crippen LogP contribution >= 0.6 is 23.4 Å². The van der Waals surface area contributed by atoms with Gasteiger partial charge in [-0.2, -0.15) is 4.72 Å². The smallest absolute Gasteiger partial charge is 0.325 e. The number of nitrogens with one attached hydrogen (secondary N) is 1. The number of aliphatic carboxylic acids is 1. The van der Waals surface area contributed by atoms with Crippen LogP contribution in [0.3, 0.4) is 0 Å². The van der Waals surface area contributed by atoms with E-state index in [2.05, 4.69) is 17.6 Å². The first-order valence-corrected chi connectivity index (χ1v) is 14.1. The topological polar surface area (TPSA) is 104 Å². The molecule has 0 spiro atoms. The Morgan fingerprint density at radius 3 is 2.37 bits per heavy atom. The number of terminal acetylenes is 1. The number of aliphatic hydroxyl groups is 1. The first-order valence-electron chi connectivity index (χ1n) is 11.0. The summed E-state index contributed by atoms with van der Waals surface area (Å²) in [5, 5.41) is 20.8. The van der Waals surface area contributed by atoms with Crippen LogP contribution in [-0.4, -0.2) is 42.5 Å². The van der Waals surface area contributed by atoms with Gasteiger partial charge in [0.1, 0.15) is 9.78 Å². The van der Waals surface area contributed by atoms with Crippen molar-refractivity contribution in [3.8, 4) is 12.8 Å². The molecule has 3 N–H and O–H groups in total. The summed E-state index contributed by atoms with van der Waals surface area (Å²) in [7, 11) is -4.07. The van der Waals surface area contributed by atoms with Gasteiger partial charge in [0.05, 0.1) is 6.10 Å². The first-order chi connectivity index (χ1) is 16.7. The van der Waals surface area contributed by atoms with Gasteiger partial charge in [0.2, 0.25) is 10.0 Å². The van der Waals surface area contributed by atoms with E-state index >= 15 is 0 Å². The van der Waals surface area contributed by atoms with Crippen molar-refractivity contribution in [1.29, 1.82) is 0 Å². The van der Waals surface area contributed by atoms with Gasteiger partial charge in [0.15, 0.2) is 0 Å². The highest BCUT2D eigenvalue weighted by atomic mass is 35.5. The Labute approximate surface area is 216 Å². The van der Waals surface area contributed by atoms with Crippen molar-refractivity contribution in [2.75, 3.05) is 6.26 Å². The maximum Gasteiger partial charge on any atom is 0.325 e. The molecule has 1 saturated carbocycles. The average Bonchev–Trinajstić information content (AvgIpc) is 3.45. The predicted molar refractivity (Wildman–Crippen MR) is 144 cm³/mol. The van der Waals surface area contributed by atoms with Gasteiger partial charge in [-0.25, -0.2) is 8.42 Å². The number of carbonyl (C=O) groups is 1. The van der Waals surface area contributed by atoms with Crippen LogP contribution in [-0.2, 0) is 14.8 Å². The quantitative estimate of drug-likeness (QED) is 0.341. The number of carboxylic acids is 1. The molecule has 0 radical (unpaired) electrons. The lowest BCUT2D eigenvalue weighted by atomic mass is 10.1. The highest BCUT2D eigenvalue weighted by Crippen LogP contribution is 2.56. The Morgan fingerprint density at radius 1 is 1.14 bits per heavy atom. The van der Waals surface area contributed by atoms with E-state index in [1.165, 1.54) is 6.08 Å². The average molecular weight is 536 g/mol. The highest BCUT2D eigenvalue weighted by molar-refractivity contribution is 8.17. The van der Waals surface area contributed by atoms with E-state index in [0.29, 0.717) is 30.7 Å². The summed E-state index contributed by atoms with van der Waals surface area (Å²) in [6.07, 6.45) is 23.0. The molecule has 2 aliphatic rings. The SMILES string of the molecule is C#C.CS/C(=C\C=C\c1ccc(Cl)cc1)S(=O)(=O)NC1(C(=O)O)C2C/C=C\C=C/CC(O)CCC21. The van der Waals surface area contributed by atoms with Gasteiger partial charge >= 0.3 is 5.97 Å². The standard InChI is InChI=1S/C24H28ClNO5S2.C2H2/c1-32-22(10-6-7-17-11-13-18(25)14-12-17)33(30,31)26-24(23(28)29)20-9-5-3-2-4-8-19(27)15-16-21(20)24;1-2/h2-7,10-14,19-21,26-27H,8-9,15-16H2,1H3,(H,28,29);1-2H/b4-2-,5-3-,7-6+,22-10+;. The molecule has 1 aromatic carbocycles. The second kappa shape index (κ2) is 13.1. The second-order valence-corrected chi connectivity index (χ2v) is 11.3. The zero-order valence-corrected chi connectivity index (χ0v) is 21.8. The van der Waals surface area contributed by atoms with Crippen molar-refractivity contribution in [2.45, 2.75) is 37.3 Å². The van der Waals surface area contributed by atoms with E-state index in [0.717, 1.165) is 17.3 Å². The molecule has 6 nitrogen and oxygen atoms in total. The van der Waals surface area contributed by atoms with E-state index in [1.54, 1.807) is 30.5 Å². The maximum absolute atomic E-state index is 13.2. The lowest BCUT2D eigenvalue weighted by molar-refractivity contribution is -0.141. The number of carboxylic acid groups (broad SMARTS) is 1. The number of allylic oxidation sites excluding steroid dienone is 5. The molecular weight excluding hydrogens is 506 g/mol. The molecule has 0 amide bonds. The largest absolute Gasteiger partial charge is 0.480 e. The monoisotopic (exact) mass is 535 g/mol. The van der Waals surface area contributed by atoms with Gasteiger partial charge in [-0.1, -0.05) is 60.2 Å². The number of fused-ring (bicyclic) bond motifs is 1. The second-order valence-electron chi connectivity index (χ2n) is 8.15. The maximum atomic E-state index is 13.2. The lowest BCUT2D eigenvalue weighted by Crippen LogP contribution is -2.46. The molecule has 3 rings (SSSR count). The number of aliphatic hydroxyl groups excluding tert-OH is 1. The Balaban J connectivity index is 0.00000210. The van der Waals surface area contributed by atoms with Crippen LogP contribution in [0.1, 0.15) is 31.2 Å². The zero-order valence-electron chi connectivity index (χ0n) is 19.4. The van der Waals surface area contributed by atoms with Gasteiger partial charge in [-0.05, 0) is 67.5 Å². The summed E-state index contributed by atoms with van der Waals surface area (Å²) in [5.41, 5.74) is -0.729. The van der Waals surface area contributed by atoms with Gasteiger partial charge in [0.25, 0.3) is 0 Å². The van der Waals surface area contributed by atoms with Crippen LogP contribution in [0.15, 0.2) is 65.0 Å². The molecule has 4 unspecified atom stereocenters. The fraction of sp³-hybridized carbons (Fsp3) is 0.346. The molecule has 1 fully saturated rings. The molecule has 0 aliphatic heterocycles. The minimum Gasteiger partial charge on any atom is -0.480 e. The molecule has 2 aliphatic carbocycles. The molecule has 188 valence electrons. The minimum atomic E-state index is -4.07. The third-order valence-electron chi connectivity index (χ3n) is 6.05. The van der Waals surface area contributed by atoms with Crippen LogP contribution in [0.2, 0.25) is 5.02 Å². The summed E-state index contributed by atoms with van der Waals surface area (Å²) < 4.78 is 28.9. The van der Waals surface area contributed by atoms with Crippen LogP contribution in [0.5, 0.6) is 0 Å². The molecule has 0 heterocycles. The van der Waals surface area contributed by atoms with Crippen molar-refractivity contribution in [2.24, 2.45) is 11.8 Å². The van der Waals surface area contributed by atoms with E-state index in [9.17, 15) is 23.4 Å². The van der Waals surface area contributed by atoms with Crippen molar-refractivity contribution in [1.82, 2.24) is 4.72 Å². The van der Waals surface area contributed by atoms with Crippen LogP contribution in [0.4, 0.5) is 0 Å². The molecule has 0 saturated heterocycles. The normalized spacial score (nSPS) is 28.6. The predicted octanol–water partition coefficient (Wildman–Crippen LogP) is 4.84. The van der Waals surface area contributed by atoms with Gasteiger partial charge in [-0.15, -0.1) is 24.6 Å². The summed E-state index contributed by atoms with van der Waals surface area (Å²) in [4.78, 5) is 12.3. The Bertz CT molecular complexity index is 1120. The Hall–Kier alpha value is -2.28. The minimum absolute atomic E-state index is 0.0253. The Kier molecular flexibility index (Phi) is 10.9. The summed E-state index contributed by atoms with van der Waals surface area (Å²) in [6, 6.07) is 7.10. The third kappa shape index (κ3) is 7.35. The van der Waals surface area contributed by atoms with E-state index in [1.807, 2.05) is 36.4 Å². The molecule has 1 aromatic rings. The number of halogens is 1. The van der Waals surface area contributed by atoms with Crippen molar-refractivity contribution in [3.63, 3.8) is 0 Å². The first kappa shape index (κ1) is 29.0. The van der Waals surface area contributed by atoms with Gasteiger partial charge < -0.3 is 10.2 Å². The number of sulfonamides is 1. The lowest BCUT2D eigenvalue weighted by Gasteiger charge is -2.17. The van der Waals surface area contributed by atoms with E-state index in [4.69, 9.17) is 11.6 Å². The van der Waals surface area contributed by atoms with Crippen molar-refractivity contribution in [3.05, 3.63) is 75.5 Å². The highest BCUT2D eigenvalue weighted by Gasteiger charge is 2.70. The number of thioether (sulfide) groups is 1. The molecule has 35 heavy (non-hydrogen) atoms. The molecule has 9 heteroatoms. The number of rotatable bonds is 7. The fourth-order valence-corrected chi connectivity index (χ4v) is 6.83. The molecular formula is C26H30ClNO5S2. The molecule has 4 atom stereocenters. The summed E-state index contributed by atoms with van der Waals surface area (Å²) in [6.45, 7) is 0. The van der Waals surface area contributed by atoms with E-state index < -0.39 is 33.6 Å². The molecule has 0 aromatic heterocycles. The molecule has 0 bridgehead atoms. The third-order valence-corrected chi connectivity index (χ3v) is 9.27. The summed E-state index contributed by atoms with van der Waals surface area (Å²) >= 11 is 6.91. The van der Waals surface area contributed by atoms with Crippen molar-refractivity contribution >= 4 is 45.4 Å².